The van der Waals surface area contributed by atoms with Gasteiger partial charge in [-0.05, 0) is 44.9 Å². The Kier molecular flexibility index (Phi) is 3.70. The molecule has 2 aromatic heterocycles. The van der Waals surface area contributed by atoms with Gasteiger partial charge in [-0.25, -0.2) is 4.98 Å². The highest BCUT2D eigenvalue weighted by Crippen LogP contribution is 2.20. The van der Waals surface area contributed by atoms with Gasteiger partial charge in [0.25, 0.3) is 5.91 Å². The lowest BCUT2D eigenvalue weighted by atomic mass is 10.1. The number of aryl methyl sites for hydroxylation is 2. The van der Waals surface area contributed by atoms with Gasteiger partial charge in [-0.3, -0.25) is 9.59 Å². The number of pyridine rings is 1. The first-order valence-electron chi connectivity index (χ1n) is 6.35. The first-order chi connectivity index (χ1) is 9.41. The van der Waals surface area contributed by atoms with Crippen molar-refractivity contribution in [3.63, 3.8) is 0 Å². The molecular formula is C15H17N3O2. The van der Waals surface area contributed by atoms with E-state index in [1.165, 1.54) is 6.92 Å². The van der Waals surface area contributed by atoms with E-state index < -0.39 is 0 Å². The number of amides is 1. The molecule has 20 heavy (non-hydrogen) atoms. The summed E-state index contributed by atoms with van der Waals surface area (Å²) in [6.07, 6.45) is 1.62. The standard InChI is InChI=1S/C15H17N3O2/c1-8-6-5-7-16-14(8)18-15(20)13-9(2)12(11(4)19)10(3)17-13/h5-7,17H,1-4H3,(H,16,18,20). The Morgan fingerprint density at radius 1 is 1.25 bits per heavy atom. The first-order valence-corrected chi connectivity index (χ1v) is 6.35. The second-order valence-corrected chi connectivity index (χ2v) is 4.80. The van der Waals surface area contributed by atoms with Gasteiger partial charge in [0.2, 0.25) is 0 Å². The number of Topliss-reactive ketones (excluding diaryl/α,β-unsaturated/α-hetero) is 1. The van der Waals surface area contributed by atoms with E-state index in [1.807, 2.05) is 19.1 Å². The lowest BCUT2D eigenvalue weighted by Gasteiger charge is -2.06. The summed E-state index contributed by atoms with van der Waals surface area (Å²) in [5, 5.41) is 2.75. The molecule has 0 saturated heterocycles. The zero-order valence-electron chi connectivity index (χ0n) is 12.0. The van der Waals surface area contributed by atoms with Crippen LogP contribution in [0.5, 0.6) is 0 Å². The van der Waals surface area contributed by atoms with Crippen LogP contribution in [0.25, 0.3) is 0 Å². The smallest absolute Gasteiger partial charge is 0.273 e. The lowest BCUT2D eigenvalue weighted by molar-refractivity contribution is 0.101. The molecule has 0 atom stereocenters. The van der Waals surface area contributed by atoms with Crippen LogP contribution in [0.15, 0.2) is 18.3 Å². The molecule has 0 saturated carbocycles. The molecule has 0 spiro atoms. The summed E-state index contributed by atoms with van der Waals surface area (Å²) in [5.74, 6) is 0.178. The van der Waals surface area contributed by atoms with Crippen LogP contribution >= 0.6 is 0 Å². The summed E-state index contributed by atoms with van der Waals surface area (Å²) in [6.45, 7) is 6.91. The number of rotatable bonds is 3. The van der Waals surface area contributed by atoms with Gasteiger partial charge in [0.1, 0.15) is 11.5 Å². The highest BCUT2D eigenvalue weighted by atomic mass is 16.2. The number of aromatic amines is 1. The lowest BCUT2D eigenvalue weighted by Crippen LogP contribution is -2.15. The Hall–Kier alpha value is -2.43. The molecule has 5 heteroatoms. The number of nitrogens with one attached hydrogen (secondary N) is 2. The van der Waals surface area contributed by atoms with Gasteiger partial charge in [0.15, 0.2) is 5.78 Å². The Balaban J connectivity index is 2.34. The zero-order valence-corrected chi connectivity index (χ0v) is 12.0. The summed E-state index contributed by atoms with van der Waals surface area (Å²) >= 11 is 0. The molecule has 1 amide bonds. The molecule has 0 aromatic carbocycles. The van der Waals surface area contributed by atoms with E-state index in [0.717, 1.165) is 5.56 Å². The van der Waals surface area contributed by atoms with Crippen LogP contribution in [-0.2, 0) is 0 Å². The van der Waals surface area contributed by atoms with Crippen molar-refractivity contribution in [3.8, 4) is 0 Å². The van der Waals surface area contributed by atoms with Crippen molar-refractivity contribution >= 4 is 17.5 Å². The van der Waals surface area contributed by atoms with Crippen molar-refractivity contribution in [1.82, 2.24) is 9.97 Å². The molecule has 0 radical (unpaired) electrons. The third-order valence-electron chi connectivity index (χ3n) is 3.26. The normalized spacial score (nSPS) is 10.4. The number of anilines is 1. The summed E-state index contributed by atoms with van der Waals surface area (Å²) in [4.78, 5) is 31.0. The first kappa shape index (κ1) is 14.0. The van der Waals surface area contributed by atoms with Crippen LogP contribution < -0.4 is 5.32 Å². The van der Waals surface area contributed by atoms with Gasteiger partial charge in [-0.1, -0.05) is 6.07 Å². The average Bonchev–Trinajstić information content (AvgIpc) is 2.67. The number of hydrogen-bond acceptors (Lipinski definition) is 3. The van der Waals surface area contributed by atoms with Crippen LogP contribution in [-0.4, -0.2) is 21.7 Å². The van der Waals surface area contributed by atoms with Crippen molar-refractivity contribution in [1.29, 1.82) is 0 Å². The molecule has 2 N–H and O–H groups in total. The van der Waals surface area contributed by atoms with E-state index in [0.29, 0.717) is 28.3 Å². The highest BCUT2D eigenvalue weighted by Gasteiger charge is 2.20. The number of carbonyl (C=O) groups excluding carboxylic acids is 2. The molecule has 0 bridgehead atoms. The number of H-pyrrole nitrogens is 1. The van der Waals surface area contributed by atoms with Crippen molar-refractivity contribution < 1.29 is 9.59 Å². The minimum absolute atomic E-state index is 0.0516. The van der Waals surface area contributed by atoms with Gasteiger partial charge in [-0.15, -0.1) is 0 Å². The van der Waals surface area contributed by atoms with Crippen LogP contribution in [0.3, 0.4) is 0 Å². The third kappa shape index (κ3) is 2.47. The number of aromatic nitrogens is 2. The van der Waals surface area contributed by atoms with E-state index in [2.05, 4.69) is 15.3 Å². The fraction of sp³-hybridized carbons (Fsp3) is 0.267. The molecule has 0 aliphatic heterocycles. The van der Waals surface area contributed by atoms with Crippen molar-refractivity contribution in [2.75, 3.05) is 5.32 Å². The maximum atomic E-state index is 12.3. The zero-order chi connectivity index (χ0) is 14.9. The van der Waals surface area contributed by atoms with E-state index in [1.54, 1.807) is 20.0 Å². The van der Waals surface area contributed by atoms with Crippen LogP contribution in [0.4, 0.5) is 5.82 Å². The monoisotopic (exact) mass is 271 g/mol. The summed E-state index contributed by atoms with van der Waals surface area (Å²) < 4.78 is 0. The topological polar surface area (TPSA) is 74.8 Å². The SMILES string of the molecule is CC(=O)c1c(C)[nH]c(C(=O)Nc2ncccc2C)c1C. The molecule has 0 fully saturated rings. The Bertz CT molecular complexity index is 686. The van der Waals surface area contributed by atoms with Crippen LogP contribution in [0.2, 0.25) is 0 Å². The molecule has 2 rings (SSSR count). The maximum absolute atomic E-state index is 12.3. The second kappa shape index (κ2) is 5.28. The van der Waals surface area contributed by atoms with E-state index in [-0.39, 0.29) is 11.7 Å². The molecule has 2 aromatic rings. The van der Waals surface area contributed by atoms with E-state index in [9.17, 15) is 9.59 Å². The average molecular weight is 271 g/mol. The molecule has 0 aliphatic rings. The number of carbonyl (C=O) groups is 2. The van der Waals surface area contributed by atoms with Gasteiger partial charge in [0, 0.05) is 17.5 Å². The maximum Gasteiger partial charge on any atom is 0.273 e. The third-order valence-corrected chi connectivity index (χ3v) is 3.26. The van der Waals surface area contributed by atoms with Gasteiger partial charge < -0.3 is 10.3 Å². The Morgan fingerprint density at radius 3 is 2.50 bits per heavy atom. The molecule has 0 unspecified atom stereocenters. The van der Waals surface area contributed by atoms with Crippen LogP contribution in [0, 0.1) is 20.8 Å². The molecule has 5 nitrogen and oxygen atoms in total. The van der Waals surface area contributed by atoms with Crippen molar-refractivity contribution in [3.05, 3.63) is 46.4 Å². The summed E-state index contributed by atoms with van der Waals surface area (Å²) in [7, 11) is 0. The van der Waals surface area contributed by atoms with Crippen LogP contribution in [0.1, 0.15) is 44.6 Å². The van der Waals surface area contributed by atoms with Gasteiger partial charge in [0.05, 0.1) is 0 Å². The Labute approximate surface area is 117 Å². The van der Waals surface area contributed by atoms with E-state index in [4.69, 9.17) is 0 Å². The summed E-state index contributed by atoms with van der Waals surface area (Å²) in [5.41, 5.74) is 3.23. The fourth-order valence-electron chi connectivity index (χ4n) is 2.29. The molecule has 2 heterocycles. The quantitative estimate of drug-likeness (QED) is 0.843. The second-order valence-electron chi connectivity index (χ2n) is 4.80. The van der Waals surface area contributed by atoms with Gasteiger partial charge in [-0.2, -0.15) is 0 Å². The number of nitrogens with zero attached hydrogens (tertiary/aromatic N) is 1. The predicted molar refractivity (Wildman–Crippen MR) is 77.2 cm³/mol. The van der Waals surface area contributed by atoms with Gasteiger partial charge >= 0.3 is 0 Å². The molecule has 104 valence electrons. The number of hydrogen-bond donors (Lipinski definition) is 2. The van der Waals surface area contributed by atoms with Crippen molar-refractivity contribution in [2.24, 2.45) is 0 Å². The Morgan fingerprint density at radius 2 is 1.95 bits per heavy atom. The number of ketones is 1. The molecule has 0 aliphatic carbocycles. The predicted octanol–water partition coefficient (Wildman–Crippen LogP) is 2.79. The minimum atomic E-state index is -0.292. The van der Waals surface area contributed by atoms with Crippen molar-refractivity contribution in [2.45, 2.75) is 27.7 Å². The largest absolute Gasteiger partial charge is 0.354 e. The highest BCUT2D eigenvalue weighted by molar-refractivity contribution is 6.07. The fourth-order valence-corrected chi connectivity index (χ4v) is 2.29. The van der Waals surface area contributed by atoms with E-state index >= 15 is 0 Å². The summed E-state index contributed by atoms with van der Waals surface area (Å²) in [6, 6.07) is 3.68. The molecular weight excluding hydrogens is 254 g/mol. The minimum Gasteiger partial charge on any atom is -0.354 e.